The van der Waals surface area contributed by atoms with E-state index in [4.69, 9.17) is 18.9 Å². The van der Waals surface area contributed by atoms with Crippen LogP contribution in [-0.4, -0.2) is 65.5 Å². The highest BCUT2D eigenvalue weighted by molar-refractivity contribution is 6.76. The van der Waals surface area contributed by atoms with E-state index in [1.807, 2.05) is 11.1 Å². The summed E-state index contributed by atoms with van der Waals surface area (Å²) in [6, 6.07) is 1.08. The summed E-state index contributed by atoms with van der Waals surface area (Å²) in [6.07, 6.45) is 3.53. The van der Waals surface area contributed by atoms with E-state index in [9.17, 15) is 4.79 Å². The maximum absolute atomic E-state index is 13.1. The summed E-state index contributed by atoms with van der Waals surface area (Å²) in [5.41, 5.74) is 0.833. The Labute approximate surface area is 196 Å². The third kappa shape index (κ3) is 8.40. The molecule has 32 heavy (non-hydrogen) atoms. The number of aryl methyl sites for hydroxylation is 1. The van der Waals surface area contributed by atoms with Gasteiger partial charge in [0.1, 0.15) is 6.73 Å². The molecule has 2 rings (SSSR count). The number of rotatable bonds is 11. The fourth-order valence-corrected chi connectivity index (χ4v) is 4.96. The van der Waals surface area contributed by atoms with E-state index >= 15 is 0 Å². The first-order chi connectivity index (χ1) is 14.8. The second kappa shape index (κ2) is 11.4. The lowest BCUT2D eigenvalue weighted by atomic mass is 10.2. The van der Waals surface area contributed by atoms with E-state index in [0.717, 1.165) is 31.2 Å². The normalized spacial score (nSPS) is 15.9. The van der Waals surface area contributed by atoms with Crippen molar-refractivity contribution >= 4 is 22.2 Å². The molecule has 0 bridgehead atoms. The Morgan fingerprint density at radius 1 is 1.09 bits per heavy atom. The molecule has 1 aliphatic heterocycles. The highest BCUT2D eigenvalue weighted by Crippen LogP contribution is 2.36. The molecule has 1 saturated heterocycles. The first-order valence-corrected chi connectivity index (χ1v) is 18.6. The average Bonchev–Trinajstić information content (AvgIpc) is 2.69. The van der Waals surface area contributed by atoms with Gasteiger partial charge < -0.3 is 18.8 Å². The van der Waals surface area contributed by atoms with Crippen LogP contribution < -0.4 is 10.5 Å². The molecule has 0 spiro atoms. The van der Waals surface area contributed by atoms with Crippen LogP contribution in [0.3, 0.4) is 0 Å². The number of aromatic nitrogens is 2. The van der Waals surface area contributed by atoms with Crippen molar-refractivity contribution in [3.8, 4) is 0 Å². The quantitative estimate of drug-likeness (QED) is 0.344. The maximum Gasteiger partial charge on any atom is 0.295 e. The largest absolute Gasteiger partial charge is 0.417 e. The summed E-state index contributed by atoms with van der Waals surface area (Å²) >= 11 is 0. The van der Waals surface area contributed by atoms with Crippen LogP contribution in [0.2, 0.25) is 43.8 Å². The summed E-state index contributed by atoms with van der Waals surface area (Å²) < 4.78 is 19.4. The first kappa shape index (κ1) is 27.2. The minimum absolute atomic E-state index is 0.0822. The number of hydrogen-bond acceptors (Lipinski definition) is 6. The van der Waals surface area contributed by atoms with E-state index in [0.29, 0.717) is 38.7 Å². The number of morpholine rings is 1. The standard InChI is InChI=1S/C23H45N3O4Si2/c1-23(2,3)32(7,8)30-13-9-10-20-18-26(19-29-16-17-31(4,5)6)22(27)21(24-20)25-11-14-28-15-12-25/h18H,9-17,19H2,1-8H3. The van der Waals surface area contributed by atoms with E-state index in [1.54, 1.807) is 4.57 Å². The number of ether oxygens (including phenoxy) is 2. The third-order valence-corrected chi connectivity index (χ3v) is 12.6. The molecule has 0 radical (unpaired) electrons. The van der Waals surface area contributed by atoms with Crippen molar-refractivity contribution in [1.29, 1.82) is 0 Å². The molecular formula is C23H45N3O4Si2. The monoisotopic (exact) mass is 483 g/mol. The van der Waals surface area contributed by atoms with Gasteiger partial charge in [-0.3, -0.25) is 9.36 Å². The predicted molar refractivity (Wildman–Crippen MR) is 137 cm³/mol. The van der Waals surface area contributed by atoms with Crippen molar-refractivity contribution in [1.82, 2.24) is 9.55 Å². The van der Waals surface area contributed by atoms with E-state index in [2.05, 4.69) is 53.5 Å². The van der Waals surface area contributed by atoms with Crippen molar-refractivity contribution in [2.75, 3.05) is 44.4 Å². The molecule has 0 aliphatic carbocycles. The Kier molecular flexibility index (Phi) is 9.72. The number of hydrogen-bond donors (Lipinski definition) is 0. The van der Waals surface area contributed by atoms with Crippen LogP contribution in [0.25, 0.3) is 0 Å². The van der Waals surface area contributed by atoms with Crippen LogP contribution in [0.15, 0.2) is 11.0 Å². The minimum atomic E-state index is -1.75. The SMILES string of the molecule is CC(C)(C)[Si](C)(C)OCCCc1cn(COCC[Si](C)(C)C)c(=O)c(N2CCOCC2)n1. The second-order valence-corrected chi connectivity index (χ2v) is 21.9. The lowest BCUT2D eigenvalue weighted by molar-refractivity contribution is 0.0841. The van der Waals surface area contributed by atoms with Gasteiger partial charge in [-0.2, -0.15) is 0 Å². The van der Waals surface area contributed by atoms with Gasteiger partial charge in [0.15, 0.2) is 14.1 Å². The molecule has 184 valence electrons. The smallest absolute Gasteiger partial charge is 0.295 e. The zero-order valence-electron chi connectivity index (χ0n) is 21.6. The van der Waals surface area contributed by atoms with Crippen molar-refractivity contribution in [2.45, 2.75) is 84.2 Å². The molecule has 0 N–H and O–H groups in total. The van der Waals surface area contributed by atoms with Crippen LogP contribution in [0, 0.1) is 0 Å². The number of anilines is 1. The fraction of sp³-hybridized carbons (Fsp3) is 0.826. The predicted octanol–water partition coefficient (Wildman–Crippen LogP) is 4.35. The molecule has 0 aromatic carbocycles. The summed E-state index contributed by atoms with van der Waals surface area (Å²) in [5, 5.41) is 0.204. The van der Waals surface area contributed by atoms with Gasteiger partial charge in [0, 0.05) is 40.6 Å². The summed E-state index contributed by atoms with van der Waals surface area (Å²) in [7, 11) is -2.92. The Balaban J connectivity index is 2.08. The van der Waals surface area contributed by atoms with Crippen LogP contribution in [0.4, 0.5) is 5.82 Å². The molecule has 7 nitrogen and oxygen atoms in total. The minimum Gasteiger partial charge on any atom is -0.417 e. The highest BCUT2D eigenvalue weighted by atomic mass is 28.4. The van der Waals surface area contributed by atoms with Gasteiger partial charge in [-0.25, -0.2) is 4.98 Å². The molecule has 1 aliphatic rings. The molecule has 9 heteroatoms. The van der Waals surface area contributed by atoms with E-state index in [-0.39, 0.29) is 17.3 Å². The second-order valence-electron chi connectivity index (χ2n) is 11.5. The molecule has 0 amide bonds. The highest BCUT2D eigenvalue weighted by Gasteiger charge is 2.36. The van der Waals surface area contributed by atoms with Gasteiger partial charge in [0.25, 0.3) is 5.56 Å². The van der Waals surface area contributed by atoms with Crippen LogP contribution in [-0.2, 0) is 27.1 Å². The van der Waals surface area contributed by atoms with Gasteiger partial charge in [0.2, 0.25) is 0 Å². The molecule has 0 saturated carbocycles. The van der Waals surface area contributed by atoms with E-state index < -0.39 is 16.4 Å². The molecule has 0 atom stereocenters. The Morgan fingerprint density at radius 3 is 2.34 bits per heavy atom. The van der Waals surface area contributed by atoms with Crippen molar-refractivity contribution < 1.29 is 13.9 Å². The van der Waals surface area contributed by atoms with Gasteiger partial charge in [-0.05, 0) is 37.0 Å². The first-order valence-electron chi connectivity index (χ1n) is 11.9. The van der Waals surface area contributed by atoms with Crippen molar-refractivity contribution in [3.63, 3.8) is 0 Å². The van der Waals surface area contributed by atoms with Crippen molar-refractivity contribution in [2.24, 2.45) is 0 Å². The zero-order valence-corrected chi connectivity index (χ0v) is 23.6. The molecule has 0 unspecified atom stereocenters. The van der Waals surface area contributed by atoms with Crippen LogP contribution in [0.5, 0.6) is 0 Å². The molecule has 1 fully saturated rings. The summed E-state index contributed by atoms with van der Waals surface area (Å²) in [5.74, 6) is 0.518. The Hall–Kier alpha value is -1.01. The molecule has 1 aromatic heterocycles. The molecule has 2 heterocycles. The average molecular weight is 484 g/mol. The van der Waals surface area contributed by atoms with Crippen LogP contribution >= 0.6 is 0 Å². The van der Waals surface area contributed by atoms with Gasteiger partial charge in [0.05, 0.1) is 18.9 Å². The zero-order chi connectivity index (χ0) is 24.0. The molecular weight excluding hydrogens is 438 g/mol. The topological polar surface area (TPSA) is 65.8 Å². The third-order valence-electron chi connectivity index (χ3n) is 6.39. The van der Waals surface area contributed by atoms with E-state index in [1.165, 1.54) is 0 Å². The summed E-state index contributed by atoms with van der Waals surface area (Å²) in [6.45, 7) is 22.6. The maximum atomic E-state index is 13.1. The van der Waals surface area contributed by atoms with Gasteiger partial charge >= 0.3 is 0 Å². The van der Waals surface area contributed by atoms with Crippen LogP contribution in [0.1, 0.15) is 32.9 Å². The van der Waals surface area contributed by atoms with Gasteiger partial charge in [-0.15, -0.1) is 0 Å². The van der Waals surface area contributed by atoms with Crippen molar-refractivity contribution in [3.05, 3.63) is 22.2 Å². The Morgan fingerprint density at radius 2 is 1.75 bits per heavy atom. The van der Waals surface area contributed by atoms with Gasteiger partial charge in [-0.1, -0.05) is 40.4 Å². The number of nitrogens with zero attached hydrogens (tertiary/aromatic N) is 3. The lowest BCUT2D eigenvalue weighted by Gasteiger charge is -2.36. The summed E-state index contributed by atoms with van der Waals surface area (Å²) in [4.78, 5) is 19.9. The lowest BCUT2D eigenvalue weighted by Crippen LogP contribution is -2.42. The fourth-order valence-electron chi connectivity index (χ4n) is 3.12. The Bertz CT molecular complexity index is 779. The molecule has 1 aromatic rings.